The molecule has 2 rings (SSSR count). The lowest BCUT2D eigenvalue weighted by Gasteiger charge is -2.32. The van der Waals surface area contributed by atoms with Gasteiger partial charge in [-0.1, -0.05) is 13.3 Å². The minimum atomic E-state index is -3.20. The van der Waals surface area contributed by atoms with Crippen LogP contribution in [0, 0.1) is 0 Å². The maximum Gasteiger partial charge on any atom is 0.253 e. The number of nitrogens with zero attached hydrogens (tertiary/aromatic N) is 2. The number of sulfonamides is 1. The molecular formula is C18H29N3O3S. The molecule has 1 aliphatic heterocycles. The standard InChI is InChI=1S/C18H29N3O3S/c1-4-5-14-25(23,24)19-16-10-12-21(13-11-16)18(22)15-6-8-17(9-7-15)20(2)3/h6-9,16,19H,4-5,10-14H2,1-3H3. The van der Waals surface area contributed by atoms with E-state index in [-0.39, 0.29) is 17.7 Å². The van der Waals surface area contributed by atoms with Crippen molar-refractivity contribution < 1.29 is 13.2 Å². The fourth-order valence-corrected chi connectivity index (χ4v) is 4.46. The second-order valence-corrected chi connectivity index (χ2v) is 8.67. The number of hydrogen-bond acceptors (Lipinski definition) is 4. The number of anilines is 1. The Morgan fingerprint density at radius 3 is 2.32 bits per heavy atom. The minimum absolute atomic E-state index is 0.0117. The average Bonchev–Trinajstić information content (AvgIpc) is 2.60. The van der Waals surface area contributed by atoms with E-state index in [4.69, 9.17) is 0 Å². The van der Waals surface area contributed by atoms with Gasteiger partial charge in [0.15, 0.2) is 0 Å². The third-order valence-corrected chi connectivity index (χ3v) is 6.04. The minimum Gasteiger partial charge on any atom is -0.378 e. The van der Waals surface area contributed by atoms with Crippen molar-refractivity contribution in [2.75, 3.05) is 37.8 Å². The van der Waals surface area contributed by atoms with Crippen molar-refractivity contribution in [2.45, 2.75) is 38.6 Å². The fourth-order valence-electron chi connectivity index (χ4n) is 2.93. The molecule has 1 aromatic carbocycles. The van der Waals surface area contributed by atoms with Gasteiger partial charge in [-0.15, -0.1) is 0 Å². The quantitative estimate of drug-likeness (QED) is 0.801. The summed E-state index contributed by atoms with van der Waals surface area (Å²) < 4.78 is 26.7. The van der Waals surface area contributed by atoms with E-state index in [1.54, 1.807) is 0 Å². The van der Waals surface area contributed by atoms with Crippen LogP contribution in [0.15, 0.2) is 24.3 Å². The van der Waals surface area contributed by atoms with Crippen molar-refractivity contribution in [2.24, 2.45) is 0 Å². The summed E-state index contributed by atoms with van der Waals surface area (Å²) in [6.45, 7) is 3.13. The fraction of sp³-hybridized carbons (Fsp3) is 0.611. The number of hydrogen-bond donors (Lipinski definition) is 1. The first-order valence-electron chi connectivity index (χ1n) is 8.89. The molecule has 0 aromatic heterocycles. The molecule has 140 valence electrons. The Hall–Kier alpha value is -1.60. The number of rotatable bonds is 7. The lowest BCUT2D eigenvalue weighted by atomic mass is 10.0. The Morgan fingerprint density at radius 2 is 1.80 bits per heavy atom. The van der Waals surface area contributed by atoms with Gasteiger partial charge in [-0.05, 0) is 43.5 Å². The van der Waals surface area contributed by atoms with Crippen molar-refractivity contribution in [3.05, 3.63) is 29.8 Å². The predicted molar refractivity (Wildman–Crippen MR) is 102 cm³/mol. The van der Waals surface area contributed by atoms with Gasteiger partial charge in [-0.3, -0.25) is 4.79 Å². The Balaban J connectivity index is 1.88. The molecule has 25 heavy (non-hydrogen) atoms. The molecule has 0 bridgehead atoms. The zero-order valence-corrected chi connectivity index (χ0v) is 16.2. The number of likely N-dealkylation sites (tertiary alicyclic amines) is 1. The van der Waals surface area contributed by atoms with Gasteiger partial charge in [-0.25, -0.2) is 13.1 Å². The van der Waals surface area contributed by atoms with Gasteiger partial charge in [0.2, 0.25) is 10.0 Å². The van der Waals surface area contributed by atoms with E-state index < -0.39 is 10.0 Å². The molecular weight excluding hydrogens is 338 g/mol. The molecule has 7 heteroatoms. The van der Waals surface area contributed by atoms with Gasteiger partial charge in [0.25, 0.3) is 5.91 Å². The number of nitrogens with one attached hydrogen (secondary N) is 1. The maximum atomic E-state index is 12.6. The molecule has 0 spiro atoms. The van der Waals surface area contributed by atoms with Crippen molar-refractivity contribution in [1.29, 1.82) is 0 Å². The SMILES string of the molecule is CCCCS(=O)(=O)NC1CCN(C(=O)c2ccc(N(C)C)cc2)CC1. The van der Waals surface area contributed by atoms with Crippen LogP contribution in [0.5, 0.6) is 0 Å². The first kappa shape index (κ1) is 19.7. The summed E-state index contributed by atoms with van der Waals surface area (Å²) in [6.07, 6.45) is 2.86. The van der Waals surface area contributed by atoms with Gasteiger partial charge in [0.05, 0.1) is 5.75 Å². The number of unbranched alkanes of at least 4 members (excludes halogenated alkanes) is 1. The van der Waals surface area contributed by atoms with Crippen LogP contribution < -0.4 is 9.62 Å². The van der Waals surface area contributed by atoms with E-state index >= 15 is 0 Å². The number of piperidine rings is 1. The number of benzene rings is 1. The molecule has 1 aliphatic rings. The third kappa shape index (κ3) is 5.71. The Bertz CT molecular complexity index is 663. The summed E-state index contributed by atoms with van der Waals surface area (Å²) in [7, 11) is 0.719. The smallest absolute Gasteiger partial charge is 0.253 e. The summed E-state index contributed by atoms with van der Waals surface area (Å²) in [4.78, 5) is 16.4. The van der Waals surface area contributed by atoms with Crippen LogP contribution in [-0.2, 0) is 10.0 Å². The summed E-state index contributed by atoms with van der Waals surface area (Å²) in [5, 5.41) is 0. The van der Waals surface area contributed by atoms with Crippen LogP contribution in [0.25, 0.3) is 0 Å². The summed E-state index contributed by atoms with van der Waals surface area (Å²) in [5.74, 6) is 0.193. The van der Waals surface area contributed by atoms with Crippen LogP contribution >= 0.6 is 0 Å². The molecule has 1 fully saturated rings. The zero-order valence-electron chi connectivity index (χ0n) is 15.4. The van der Waals surface area contributed by atoms with Crippen LogP contribution in [0.3, 0.4) is 0 Å². The summed E-state index contributed by atoms with van der Waals surface area (Å²) in [6, 6.07) is 7.49. The topological polar surface area (TPSA) is 69.7 Å². The molecule has 0 atom stereocenters. The molecule has 0 saturated carbocycles. The summed E-state index contributed by atoms with van der Waals surface area (Å²) in [5.41, 5.74) is 1.73. The van der Waals surface area contributed by atoms with Crippen molar-refractivity contribution in [1.82, 2.24) is 9.62 Å². The monoisotopic (exact) mass is 367 g/mol. The molecule has 1 heterocycles. The third-order valence-electron chi connectivity index (χ3n) is 4.53. The van der Waals surface area contributed by atoms with Crippen molar-refractivity contribution in [3.63, 3.8) is 0 Å². The van der Waals surface area contributed by atoms with Gasteiger partial charge in [-0.2, -0.15) is 0 Å². The lowest BCUT2D eigenvalue weighted by molar-refractivity contribution is 0.0711. The highest BCUT2D eigenvalue weighted by atomic mass is 32.2. The van der Waals surface area contributed by atoms with Crippen LogP contribution in [0.4, 0.5) is 5.69 Å². The van der Waals surface area contributed by atoms with E-state index in [0.29, 0.717) is 37.9 Å². The molecule has 1 N–H and O–H groups in total. The lowest BCUT2D eigenvalue weighted by Crippen LogP contribution is -2.47. The maximum absolute atomic E-state index is 12.6. The number of carbonyl (C=O) groups is 1. The number of carbonyl (C=O) groups excluding carboxylic acids is 1. The Labute approximate surface area is 151 Å². The van der Waals surface area contributed by atoms with Gasteiger partial charge in [0, 0.05) is 44.5 Å². The first-order chi connectivity index (χ1) is 11.8. The predicted octanol–water partition coefficient (Wildman–Crippen LogP) is 2.08. The normalized spacial score (nSPS) is 16.0. The molecule has 1 saturated heterocycles. The van der Waals surface area contributed by atoms with E-state index in [1.807, 2.05) is 55.1 Å². The number of amides is 1. The molecule has 0 unspecified atom stereocenters. The van der Waals surface area contributed by atoms with E-state index in [2.05, 4.69) is 4.72 Å². The zero-order chi connectivity index (χ0) is 18.4. The Morgan fingerprint density at radius 1 is 1.20 bits per heavy atom. The van der Waals surface area contributed by atoms with Gasteiger partial charge < -0.3 is 9.80 Å². The first-order valence-corrected chi connectivity index (χ1v) is 10.5. The Kier molecular flexibility index (Phi) is 6.84. The highest BCUT2D eigenvalue weighted by Gasteiger charge is 2.26. The van der Waals surface area contributed by atoms with Crippen molar-refractivity contribution >= 4 is 21.6 Å². The highest BCUT2D eigenvalue weighted by Crippen LogP contribution is 2.17. The molecule has 1 amide bonds. The second kappa shape index (κ2) is 8.67. The van der Waals surface area contributed by atoms with Crippen LogP contribution in [-0.4, -0.2) is 58.2 Å². The highest BCUT2D eigenvalue weighted by molar-refractivity contribution is 7.89. The van der Waals surface area contributed by atoms with E-state index in [0.717, 1.165) is 12.1 Å². The van der Waals surface area contributed by atoms with Gasteiger partial charge >= 0.3 is 0 Å². The van der Waals surface area contributed by atoms with Crippen LogP contribution in [0.1, 0.15) is 43.0 Å². The molecule has 6 nitrogen and oxygen atoms in total. The van der Waals surface area contributed by atoms with Crippen LogP contribution in [0.2, 0.25) is 0 Å². The molecule has 0 aliphatic carbocycles. The largest absolute Gasteiger partial charge is 0.378 e. The second-order valence-electron chi connectivity index (χ2n) is 6.80. The van der Waals surface area contributed by atoms with Crippen molar-refractivity contribution in [3.8, 4) is 0 Å². The van der Waals surface area contributed by atoms with E-state index in [9.17, 15) is 13.2 Å². The molecule has 1 aromatic rings. The van der Waals surface area contributed by atoms with E-state index in [1.165, 1.54) is 0 Å². The molecule has 0 radical (unpaired) electrons. The summed E-state index contributed by atoms with van der Waals surface area (Å²) >= 11 is 0. The van der Waals surface area contributed by atoms with Gasteiger partial charge in [0.1, 0.15) is 0 Å². The average molecular weight is 368 g/mol.